The van der Waals surface area contributed by atoms with Gasteiger partial charge in [0.15, 0.2) is 11.6 Å². The molecule has 0 aromatic heterocycles. The van der Waals surface area contributed by atoms with Gasteiger partial charge < -0.3 is 0 Å². The molecule has 0 heterocycles. The number of hydrogen-bond donors (Lipinski definition) is 0. The number of halogens is 2. The van der Waals surface area contributed by atoms with Gasteiger partial charge in [0.25, 0.3) is 0 Å². The maximum atomic E-state index is 13.8. The third-order valence-corrected chi connectivity index (χ3v) is 3.53. The summed E-state index contributed by atoms with van der Waals surface area (Å²) in [6.07, 6.45) is 0.190. The average molecular weight is 277 g/mol. The second-order valence-electron chi connectivity index (χ2n) is 4.57. The molecule has 0 amide bonds. The highest BCUT2D eigenvalue weighted by atomic mass is 35.5. The zero-order valence-corrected chi connectivity index (χ0v) is 11.6. The summed E-state index contributed by atoms with van der Waals surface area (Å²) in [5.74, 6) is -0.891. The first-order chi connectivity index (χ1) is 9.00. The fourth-order valence-corrected chi connectivity index (χ4v) is 2.28. The minimum Gasteiger partial charge on any atom is -0.294 e. The van der Waals surface area contributed by atoms with Crippen LogP contribution in [0, 0.1) is 19.7 Å². The molecule has 0 bridgehead atoms. The van der Waals surface area contributed by atoms with Crippen molar-refractivity contribution in [2.45, 2.75) is 20.3 Å². The van der Waals surface area contributed by atoms with Crippen LogP contribution in [-0.2, 0) is 6.42 Å². The molecule has 0 saturated carbocycles. The number of benzene rings is 2. The zero-order valence-electron chi connectivity index (χ0n) is 10.8. The first-order valence-corrected chi connectivity index (χ1v) is 6.41. The lowest BCUT2D eigenvalue weighted by Crippen LogP contribution is -2.08. The minimum absolute atomic E-state index is 0.0210. The molecule has 0 unspecified atom stereocenters. The molecule has 19 heavy (non-hydrogen) atoms. The van der Waals surface area contributed by atoms with E-state index in [0.29, 0.717) is 0 Å². The topological polar surface area (TPSA) is 17.1 Å². The molecule has 0 aliphatic carbocycles. The molecule has 3 heteroatoms. The molecule has 1 nitrogen and oxygen atoms in total. The lowest BCUT2D eigenvalue weighted by atomic mass is 9.95. The fraction of sp³-hybridized carbons (Fsp3) is 0.188. The quantitative estimate of drug-likeness (QED) is 0.753. The molecule has 0 aliphatic rings. The number of aryl methyl sites for hydroxylation is 2. The normalized spacial score (nSPS) is 10.5. The Hall–Kier alpha value is -1.67. The molecular formula is C16H14ClFO. The van der Waals surface area contributed by atoms with E-state index in [2.05, 4.69) is 0 Å². The maximum absolute atomic E-state index is 13.8. The molecule has 98 valence electrons. The summed E-state index contributed by atoms with van der Waals surface area (Å²) in [5, 5.41) is -0.0210. The average Bonchev–Trinajstić information content (AvgIpc) is 2.37. The Morgan fingerprint density at radius 2 is 1.68 bits per heavy atom. The number of Topliss-reactive ketones (excluding diaryl/α,β-unsaturated/α-hetero) is 1. The van der Waals surface area contributed by atoms with Gasteiger partial charge in [-0.25, -0.2) is 4.39 Å². The van der Waals surface area contributed by atoms with Crippen LogP contribution in [0.1, 0.15) is 27.0 Å². The van der Waals surface area contributed by atoms with Crippen LogP contribution >= 0.6 is 11.6 Å². The van der Waals surface area contributed by atoms with E-state index in [4.69, 9.17) is 11.6 Å². The number of hydrogen-bond acceptors (Lipinski definition) is 1. The summed E-state index contributed by atoms with van der Waals surface area (Å²) in [5.41, 5.74) is 3.08. The Kier molecular flexibility index (Phi) is 4.01. The van der Waals surface area contributed by atoms with Gasteiger partial charge in [-0.2, -0.15) is 0 Å². The lowest BCUT2D eigenvalue weighted by Gasteiger charge is -2.09. The molecule has 0 aliphatic heterocycles. The van der Waals surface area contributed by atoms with Gasteiger partial charge in [-0.3, -0.25) is 4.79 Å². The summed E-state index contributed by atoms with van der Waals surface area (Å²) < 4.78 is 13.8. The van der Waals surface area contributed by atoms with E-state index in [0.717, 1.165) is 16.7 Å². The van der Waals surface area contributed by atoms with E-state index >= 15 is 0 Å². The SMILES string of the molecule is Cc1cccc(C)c1CC(=O)c1cccc(Cl)c1F. The van der Waals surface area contributed by atoms with Crippen LogP contribution in [0.4, 0.5) is 4.39 Å². The summed E-state index contributed by atoms with van der Waals surface area (Å²) in [7, 11) is 0. The predicted octanol–water partition coefficient (Wildman–Crippen LogP) is 4.52. The third kappa shape index (κ3) is 2.85. The molecule has 0 radical (unpaired) electrons. The van der Waals surface area contributed by atoms with Crippen molar-refractivity contribution in [2.24, 2.45) is 0 Å². The van der Waals surface area contributed by atoms with Crippen molar-refractivity contribution in [3.05, 3.63) is 69.5 Å². The summed E-state index contributed by atoms with van der Waals surface area (Å²) in [4.78, 5) is 12.2. The minimum atomic E-state index is -0.639. The van der Waals surface area contributed by atoms with Gasteiger partial charge in [0.1, 0.15) is 0 Å². The van der Waals surface area contributed by atoms with Crippen molar-refractivity contribution in [1.82, 2.24) is 0 Å². The highest BCUT2D eigenvalue weighted by molar-refractivity contribution is 6.31. The second-order valence-corrected chi connectivity index (χ2v) is 4.98. The Morgan fingerprint density at radius 3 is 2.32 bits per heavy atom. The van der Waals surface area contributed by atoms with Crippen molar-refractivity contribution in [3.8, 4) is 0 Å². The van der Waals surface area contributed by atoms with Gasteiger partial charge in [-0.15, -0.1) is 0 Å². The van der Waals surface area contributed by atoms with E-state index in [1.807, 2.05) is 32.0 Å². The molecule has 0 N–H and O–H groups in total. The number of ketones is 1. The predicted molar refractivity (Wildman–Crippen MR) is 75.4 cm³/mol. The van der Waals surface area contributed by atoms with Crippen LogP contribution in [0.3, 0.4) is 0 Å². The molecule has 0 fully saturated rings. The van der Waals surface area contributed by atoms with E-state index in [9.17, 15) is 9.18 Å². The van der Waals surface area contributed by atoms with Crippen molar-refractivity contribution < 1.29 is 9.18 Å². The van der Waals surface area contributed by atoms with Crippen molar-refractivity contribution >= 4 is 17.4 Å². The molecule has 0 atom stereocenters. The highest BCUT2D eigenvalue weighted by Crippen LogP contribution is 2.21. The van der Waals surface area contributed by atoms with Crippen LogP contribution < -0.4 is 0 Å². The fourth-order valence-electron chi connectivity index (χ4n) is 2.10. The molecule has 2 rings (SSSR count). The number of carbonyl (C=O) groups excluding carboxylic acids is 1. The highest BCUT2D eigenvalue weighted by Gasteiger charge is 2.16. The first-order valence-electron chi connectivity index (χ1n) is 6.03. The third-order valence-electron chi connectivity index (χ3n) is 3.23. The Morgan fingerprint density at radius 1 is 1.11 bits per heavy atom. The smallest absolute Gasteiger partial charge is 0.170 e. The maximum Gasteiger partial charge on any atom is 0.170 e. The Labute approximate surface area is 117 Å². The number of carbonyl (C=O) groups is 1. The van der Waals surface area contributed by atoms with Gasteiger partial charge in [0.05, 0.1) is 10.6 Å². The van der Waals surface area contributed by atoms with Gasteiger partial charge >= 0.3 is 0 Å². The molecule has 2 aromatic rings. The molecular weight excluding hydrogens is 263 g/mol. The molecule has 2 aromatic carbocycles. The van der Waals surface area contributed by atoms with Crippen LogP contribution in [0.5, 0.6) is 0 Å². The van der Waals surface area contributed by atoms with Crippen molar-refractivity contribution in [3.63, 3.8) is 0 Å². The second kappa shape index (κ2) is 5.54. The summed E-state index contributed by atoms with van der Waals surface area (Å²) in [6, 6.07) is 10.3. The van der Waals surface area contributed by atoms with Crippen LogP contribution in [0.15, 0.2) is 36.4 Å². The standard InChI is InChI=1S/C16H14ClFO/c1-10-5-3-6-11(2)13(10)9-15(19)12-7-4-8-14(17)16(12)18/h3-8H,9H2,1-2H3. The van der Waals surface area contributed by atoms with Crippen LogP contribution in [0.25, 0.3) is 0 Å². The van der Waals surface area contributed by atoms with Crippen molar-refractivity contribution in [1.29, 1.82) is 0 Å². The van der Waals surface area contributed by atoms with Gasteiger partial charge in [-0.05, 0) is 42.7 Å². The van der Waals surface area contributed by atoms with E-state index < -0.39 is 5.82 Å². The van der Waals surface area contributed by atoms with Gasteiger partial charge in [0.2, 0.25) is 0 Å². The van der Waals surface area contributed by atoms with Gasteiger partial charge in [-0.1, -0.05) is 35.9 Å². The van der Waals surface area contributed by atoms with E-state index in [1.165, 1.54) is 12.1 Å². The van der Waals surface area contributed by atoms with Crippen LogP contribution in [-0.4, -0.2) is 5.78 Å². The number of rotatable bonds is 3. The lowest BCUT2D eigenvalue weighted by molar-refractivity contribution is 0.0988. The Balaban J connectivity index is 2.34. The largest absolute Gasteiger partial charge is 0.294 e. The Bertz CT molecular complexity index is 614. The van der Waals surface area contributed by atoms with Crippen LogP contribution in [0.2, 0.25) is 5.02 Å². The van der Waals surface area contributed by atoms with Crippen molar-refractivity contribution in [2.75, 3.05) is 0 Å². The summed E-state index contributed by atoms with van der Waals surface area (Å²) in [6.45, 7) is 3.90. The molecule has 0 spiro atoms. The zero-order chi connectivity index (χ0) is 14.0. The molecule has 0 saturated heterocycles. The first kappa shape index (κ1) is 13.8. The monoisotopic (exact) mass is 276 g/mol. The van der Waals surface area contributed by atoms with E-state index in [-0.39, 0.29) is 22.8 Å². The summed E-state index contributed by atoms with van der Waals surface area (Å²) >= 11 is 5.70. The van der Waals surface area contributed by atoms with E-state index in [1.54, 1.807) is 6.07 Å². The van der Waals surface area contributed by atoms with Gasteiger partial charge in [0, 0.05) is 6.42 Å².